The second-order valence-electron chi connectivity index (χ2n) is 9.27. The van der Waals surface area contributed by atoms with Crippen molar-refractivity contribution >= 4 is 11.6 Å². The van der Waals surface area contributed by atoms with Crippen LogP contribution in [0.2, 0.25) is 5.02 Å². The van der Waals surface area contributed by atoms with Crippen molar-refractivity contribution in [1.29, 1.82) is 0 Å². The topological polar surface area (TPSA) is 69.6 Å². The van der Waals surface area contributed by atoms with E-state index in [1.165, 1.54) is 0 Å². The first-order valence-electron chi connectivity index (χ1n) is 12.3. The molecule has 3 aliphatic heterocycles. The van der Waals surface area contributed by atoms with E-state index in [1.807, 2.05) is 51.1 Å². The van der Waals surface area contributed by atoms with Gasteiger partial charge in [0, 0.05) is 24.5 Å². The summed E-state index contributed by atoms with van der Waals surface area (Å²) in [7, 11) is 0. The van der Waals surface area contributed by atoms with Crippen molar-refractivity contribution < 1.29 is 28.8 Å². The molecule has 0 aliphatic carbocycles. The molecule has 0 aromatic heterocycles. The minimum atomic E-state index is -0.435. The molecule has 0 spiro atoms. The van der Waals surface area contributed by atoms with E-state index in [0.29, 0.717) is 24.8 Å². The van der Waals surface area contributed by atoms with Crippen molar-refractivity contribution in [3.05, 3.63) is 64.2 Å². The number of hydrogen-bond acceptors (Lipinski definition) is 7. The largest absolute Gasteiger partial charge is 0.494 e. The van der Waals surface area contributed by atoms with Crippen molar-refractivity contribution in [2.24, 2.45) is 0 Å². The molecule has 1 N–H and O–H groups in total. The minimum Gasteiger partial charge on any atom is -0.494 e. The van der Waals surface area contributed by atoms with Gasteiger partial charge in [-0.2, -0.15) is 0 Å². The van der Waals surface area contributed by atoms with Crippen molar-refractivity contribution in [3.63, 3.8) is 0 Å². The highest BCUT2D eigenvalue weighted by molar-refractivity contribution is 6.31. The van der Waals surface area contributed by atoms with Gasteiger partial charge in [-0.1, -0.05) is 35.9 Å². The first kappa shape index (κ1) is 26.4. The van der Waals surface area contributed by atoms with Crippen molar-refractivity contribution in [2.45, 2.75) is 58.0 Å². The Morgan fingerprint density at radius 2 is 1.83 bits per heavy atom. The summed E-state index contributed by atoms with van der Waals surface area (Å²) in [6, 6.07) is 13.9. The van der Waals surface area contributed by atoms with E-state index in [9.17, 15) is 5.11 Å². The predicted octanol–water partition coefficient (Wildman–Crippen LogP) is 4.54. The number of nitrogens with zero attached hydrogens (tertiary/aromatic N) is 1. The van der Waals surface area contributed by atoms with Crippen LogP contribution in [0.4, 0.5) is 0 Å². The van der Waals surface area contributed by atoms with Crippen LogP contribution in [-0.4, -0.2) is 67.7 Å². The summed E-state index contributed by atoms with van der Waals surface area (Å²) in [5.41, 5.74) is 3.03. The zero-order chi connectivity index (χ0) is 24.8. The number of morpholine rings is 1. The van der Waals surface area contributed by atoms with Crippen molar-refractivity contribution in [2.75, 3.05) is 39.5 Å². The molecule has 3 saturated heterocycles. The number of rotatable bonds is 6. The molecule has 3 aliphatic rings. The molecule has 8 heteroatoms. The normalized spacial score (nSPS) is 24.4. The number of aliphatic hydroxyl groups is 1. The third kappa shape index (κ3) is 6.74. The smallest absolute Gasteiger partial charge is 0.187 e. The molecular weight excluding hydrogens is 470 g/mol. The Kier molecular flexibility index (Phi) is 9.05. The van der Waals surface area contributed by atoms with E-state index in [0.717, 1.165) is 48.6 Å². The molecule has 7 nitrogen and oxygen atoms in total. The van der Waals surface area contributed by atoms with Gasteiger partial charge in [-0.3, -0.25) is 4.90 Å². The molecule has 3 unspecified atom stereocenters. The maximum Gasteiger partial charge on any atom is 0.187 e. The molecule has 0 saturated carbocycles. The molecule has 192 valence electrons. The summed E-state index contributed by atoms with van der Waals surface area (Å²) in [5, 5.41) is 10.2. The zero-order valence-electron chi connectivity index (χ0n) is 20.7. The lowest BCUT2D eigenvalue weighted by molar-refractivity contribution is -0.192. The summed E-state index contributed by atoms with van der Waals surface area (Å²) < 4.78 is 27.3. The minimum absolute atomic E-state index is 0.00325. The van der Waals surface area contributed by atoms with Crippen LogP contribution in [0.1, 0.15) is 49.9 Å². The average molecular weight is 506 g/mol. The highest BCUT2D eigenvalue weighted by Crippen LogP contribution is 2.36. The van der Waals surface area contributed by atoms with Gasteiger partial charge in [-0.25, -0.2) is 0 Å². The Morgan fingerprint density at radius 1 is 1.09 bits per heavy atom. The van der Waals surface area contributed by atoms with Gasteiger partial charge in [0.1, 0.15) is 11.9 Å². The lowest BCUT2D eigenvalue weighted by Crippen LogP contribution is -2.39. The fourth-order valence-corrected chi connectivity index (χ4v) is 4.90. The molecule has 3 heterocycles. The summed E-state index contributed by atoms with van der Waals surface area (Å²) in [4.78, 5) is 2.38. The van der Waals surface area contributed by atoms with Crippen LogP contribution in [0.5, 0.6) is 5.75 Å². The Balaban J connectivity index is 0.000000239. The SMILES string of the molecule is CC1(C)OC2CCOC2O1.CCOc1ccc(C(c2cc(CO)ccc2Cl)N2CCOCC2)cc1. The van der Waals surface area contributed by atoms with E-state index in [1.54, 1.807) is 0 Å². The van der Waals surface area contributed by atoms with Crippen LogP contribution >= 0.6 is 11.6 Å². The van der Waals surface area contributed by atoms with Gasteiger partial charge < -0.3 is 28.8 Å². The van der Waals surface area contributed by atoms with E-state index in [4.69, 9.17) is 35.3 Å². The number of ether oxygens (including phenoxy) is 5. The second kappa shape index (κ2) is 12.0. The second-order valence-corrected chi connectivity index (χ2v) is 9.68. The van der Waals surface area contributed by atoms with Crippen LogP contribution in [0.25, 0.3) is 0 Å². The third-order valence-corrected chi connectivity index (χ3v) is 6.62. The molecule has 2 aromatic carbocycles. The summed E-state index contributed by atoms with van der Waals surface area (Å²) in [5.74, 6) is 0.428. The summed E-state index contributed by atoms with van der Waals surface area (Å²) >= 11 is 6.53. The number of benzene rings is 2. The molecule has 3 atom stereocenters. The van der Waals surface area contributed by atoms with Gasteiger partial charge in [-0.15, -0.1) is 0 Å². The van der Waals surface area contributed by atoms with E-state index < -0.39 is 5.79 Å². The summed E-state index contributed by atoms with van der Waals surface area (Å²) in [6.45, 7) is 10.3. The molecule has 2 aromatic rings. The molecule has 0 bridgehead atoms. The quantitative estimate of drug-likeness (QED) is 0.618. The lowest BCUT2D eigenvalue weighted by Gasteiger charge is -2.35. The fraction of sp³-hybridized carbons (Fsp3) is 0.556. The van der Waals surface area contributed by atoms with Gasteiger partial charge in [0.25, 0.3) is 0 Å². The van der Waals surface area contributed by atoms with Crippen molar-refractivity contribution in [1.82, 2.24) is 4.90 Å². The molecular formula is C27H36ClNO6. The van der Waals surface area contributed by atoms with Gasteiger partial charge in [-0.05, 0) is 55.7 Å². The van der Waals surface area contributed by atoms with Crippen LogP contribution in [0.3, 0.4) is 0 Å². The first-order chi connectivity index (χ1) is 16.9. The summed E-state index contributed by atoms with van der Waals surface area (Å²) in [6.07, 6.45) is 1.04. The van der Waals surface area contributed by atoms with Gasteiger partial charge in [0.05, 0.1) is 39.1 Å². The maximum atomic E-state index is 9.52. The first-order valence-corrected chi connectivity index (χ1v) is 12.7. The lowest BCUT2D eigenvalue weighted by atomic mass is 9.95. The number of fused-ring (bicyclic) bond motifs is 1. The van der Waals surface area contributed by atoms with E-state index in [2.05, 4.69) is 17.0 Å². The number of aliphatic hydroxyl groups excluding tert-OH is 1. The predicted molar refractivity (Wildman–Crippen MR) is 134 cm³/mol. The number of halogens is 1. The van der Waals surface area contributed by atoms with Gasteiger partial charge in [0.15, 0.2) is 12.1 Å². The van der Waals surface area contributed by atoms with Crippen LogP contribution in [-0.2, 0) is 25.6 Å². The standard InChI is InChI=1S/C20H24ClNO3.C7H12O3/c1-2-25-17-6-4-16(5-7-17)20(22-9-11-24-12-10-22)18-13-15(14-23)3-8-19(18)21;1-7(2)9-5-3-4-8-6(5)10-7/h3-8,13,20,23H,2,9-12,14H2,1H3;5-6H,3-4H2,1-2H3. The molecule has 0 radical (unpaired) electrons. The highest BCUT2D eigenvalue weighted by atomic mass is 35.5. The monoisotopic (exact) mass is 505 g/mol. The maximum absolute atomic E-state index is 9.52. The van der Waals surface area contributed by atoms with Crippen molar-refractivity contribution in [3.8, 4) is 5.75 Å². The van der Waals surface area contributed by atoms with Crippen LogP contribution in [0, 0.1) is 0 Å². The fourth-order valence-electron chi connectivity index (χ4n) is 4.68. The average Bonchev–Trinajstić information content (AvgIpc) is 3.40. The van der Waals surface area contributed by atoms with Crippen LogP contribution < -0.4 is 4.74 Å². The molecule has 5 rings (SSSR count). The Bertz CT molecular complexity index is 933. The molecule has 0 amide bonds. The van der Waals surface area contributed by atoms with Gasteiger partial charge in [0.2, 0.25) is 0 Å². The molecule has 35 heavy (non-hydrogen) atoms. The Morgan fingerprint density at radius 3 is 2.49 bits per heavy atom. The van der Waals surface area contributed by atoms with E-state index in [-0.39, 0.29) is 25.0 Å². The van der Waals surface area contributed by atoms with Gasteiger partial charge >= 0.3 is 0 Å². The third-order valence-electron chi connectivity index (χ3n) is 6.28. The zero-order valence-corrected chi connectivity index (χ0v) is 21.5. The van der Waals surface area contributed by atoms with E-state index >= 15 is 0 Å². The van der Waals surface area contributed by atoms with Crippen LogP contribution in [0.15, 0.2) is 42.5 Å². The Hall–Kier alpha value is -1.71. The highest BCUT2D eigenvalue weighted by Gasteiger charge is 2.44. The number of hydrogen-bond donors (Lipinski definition) is 1. The molecule has 3 fully saturated rings. The Labute approximate surface area is 212 Å².